The summed E-state index contributed by atoms with van der Waals surface area (Å²) in [5, 5.41) is 3.56. The molecule has 2 amide bonds. The molecule has 0 radical (unpaired) electrons. The fourth-order valence-electron chi connectivity index (χ4n) is 3.41. The first-order valence-corrected chi connectivity index (χ1v) is 11.1. The number of anilines is 1. The molecule has 1 atom stereocenters. The zero-order valence-corrected chi connectivity index (χ0v) is 18.5. The van der Waals surface area contributed by atoms with Crippen LogP contribution in [-0.4, -0.2) is 18.4 Å². The summed E-state index contributed by atoms with van der Waals surface area (Å²) in [5.41, 5.74) is 2.51. The van der Waals surface area contributed by atoms with E-state index in [0.717, 1.165) is 21.7 Å². The van der Waals surface area contributed by atoms with E-state index in [1.165, 1.54) is 16.7 Å². The Hall–Kier alpha value is -3.02. The van der Waals surface area contributed by atoms with Gasteiger partial charge in [0.15, 0.2) is 0 Å². The molecule has 0 fully saturated rings. The fraction of sp³-hybridized carbons (Fsp3) is 0.120. The van der Waals surface area contributed by atoms with Crippen molar-refractivity contribution in [2.45, 2.75) is 17.9 Å². The zero-order valence-electron chi connectivity index (χ0n) is 16.9. The van der Waals surface area contributed by atoms with Crippen LogP contribution in [0.4, 0.5) is 5.69 Å². The van der Waals surface area contributed by atoms with Crippen molar-refractivity contribution in [3.05, 3.63) is 99.9 Å². The van der Waals surface area contributed by atoms with Gasteiger partial charge in [0, 0.05) is 9.92 Å². The number of para-hydroxylation sites is 1. The largest absolute Gasteiger partial charge is 0.348 e. The highest BCUT2D eigenvalue weighted by molar-refractivity contribution is 8.04. The summed E-state index contributed by atoms with van der Waals surface area (Å²) in [5.74, 6) is -0.436. The topological polar surface area (TPSA) is 49.4 Å². The highest BCUT2D eigenvalue weighted by Crippen LogP contribution is 2.42. The number of rotatable bonds is 5. The molecule has 3 aromatic carbocycles. The first-order valence-electron chi connectivity index (χ1n) is 9.92. The first kappa shape index (κ1) is 21.2. The number of hydrogen-bond donors (Lipinski definition) is 1. The highest BCUT2D eigenvalue weighted by atomic mass is 35.5. The van der Waals surface area contributed by atoms with E-state index in [-0.39, 0.29) is 24.4 Å². The maximum absolute atomic E-state index is 13.3. The number of nitrogens with zero attached hydrogens (tertiary/aromatic N) is 1. The van der Waals surface area contributed by atoms with Gasteiger partial charge in [-0.3, -0.25) is 14.5 Å². The normalized spacial score (nSPS) is 15.5. The molecule has 1 aliphatic heterocycles. The van der Waals surface area contributed by atoms with Gasteiger partial charge in [0.05, 0.1) is 16.6 Å². The predicted octanol–water partition coefficient (Wildman–Crippen LogP) is 5.70. The minimum absolute atomic E-state index is 0.0621. The van der Waals surface area contributed by atoms with Crippen LogP contribution >= 0.6 is 23.4 Å². The van der Waals surface area contributed by atoms with Crippen LogP contribution in [0.2, 0.25) is 5.02 Å². The molecule has 6 heteroatoms. The van der Waals surface area contributed by atoms with E-state index in [1.807, 2.05) is 79.7 Å². The molecule has 1 N–H and O–H groups in total. The van der Waals surface area contributed by atoms with Crippen LogP contribution in [0.3, 0.4) is 0 Å². The maximum Gasteiger partial charge on any atom is 0.265 e. The van der Waals surface area contributed by atoms with E-state index in [4.69, 9.17) is 11.6 Å². The van der Waals surface area contributed by atoms with Crippen molar-refractivity contribution in [1.29, 1.82) is 0 Å². The number of carbonyl (C=O) groups excluding carboxylic acids is 2. The van der Waals surface area contributed by atoms with Gasteiger partial charge in [0.1, 0.15) is 6.54 Å². The average molecular weight is 449 g/mol. The molecular formula is C25H21ClN2O2S. The first-order chi connectivity index (χ1) is 15.0. The third kappa shape index (κ3) is 4.84. The van der Waals surface area contributed by atoms with Gasteiger partial charge in [0.2, 0.25) is 5.91 Å². The molecule has 0 saturated heterocycles. The third-order valence-electron chi connectivity index (χ3n) is 5.00. The minimum atomic E-state index is -0.219. The number of benzene rings is 3. The minimum Gasteiger partial charge on any atom is -0.348 e. The molecule has 0 saturated carbocycles. The Morgan fingerprint density at radius 3 is 2.48 bits per heavy atom. The lowest BCUT2D eigenvalue weighted by molar-refractivity contribution is -0.122. The van der Waals surface area contributed by atoms with Gasteiger partial charge in [-0.05, 0) is 42.3 Å². The summed E-state index contributed by atoms with van der Waals surface area (Å²) in [6.45, 7) is 1.87. The molecule has 1 heterocycles. The summed E-state index contributed by atoms with van der Waals surface area (Å²) in [4.78, 5) is 29.1. The van der Waals surface area contributed by atoms with Crippen LogP contribution in [0.25, 0.3) is 6.08 Å². The Morgan fingerprint density at radius 2 is 1.71 bits per heavy atom. The molecule has 31 heavy (non-hydrogen) atoms. The van der Waals surface area contributed by atoms with E-state index >= 15 is 0 Å². The Labute approximate surface area is 190 Å². The molecular weight excluding hydrogens is 428 g/mol. The summed E-state index contributed by atoms with van der Waals surface area (Å²) < 4.78 is 0. The van der Waals surface area contributed by atoms with Crippen LogP contribution in [0, 0.1) is 0 Å². The molecule has 0 aliphatic carbocycles. The van der Waals surface area contributed by atoms with E-state index in [9.17, 15) is 9.59 Å². The third-order valence-corrected chi connectivity index (χ3v) is 6.42. The van der Waals surface area contributed by atoms with Crippen molar-refractivity contribution < 1.29 is 9.59 Å². The van der Waals surface area contributed by atoms with Crippen molar-refractivity contribution in [1.82, 2.24) is 5.32 Å². The van der Waals surface area contributed by atoms with Gasteiger partial charge >= 0.3 is 0 Å². The number of fused-ring (bicyclic) bond motifs is 1. The van der Waals surface area contributed by atoms with Gasteiger partial charge < -0.3 is 5.32 Å². The molecule has 4 rings (SSSR count). The molecule has 4 nitrogen and oxygen atoms in total. The molecule has 0 bridgehead atoms. The van der Waals surface area contributed by atoms with Gasteiger partial charge in [-0.25, -0.2) is 0 Å². The SMILES string of the molecule is CC(NC(=O)CN1C(=O)C(=Cc2ccccc2Cl)Sc2ccccc21)c1ccccc1. The van der Waals surface area contributed by atoms with Crippen molar-refractivity contribution in [2.24, 2.45) is 0 Å². The van der Waals surface area contributed by atoms with Crippen LogP contribution in [-0.2, 0) is 9.59 Å². The Morgan fingerprint density at radius 1 is 1.03 bits per heavy atom. The van der Waals surface area contributed by atoms with Gasteiger partial charge in [-0.2, -0.15) is 0 Å². The summed E-state index contributed by atoms with van der Waals surface area (Å²) in [6, 6.07) is 24.6. The van der Waals surface area contributed by atoms with Gasteiger partial charge in [0.25, 0.3) is 5.91 Å². The second-order valence-electron chi connectivity index (χ2n) is 7.19. The number of halogens is 1. The average Bonchev–Trinajstić information content (AvgIpc) is 2.78. The molecule has 0 aromatic heterocycles. The summed E-state index contributed by atoms with van der Waals surface area (Å²) in [6.07, 6.45) is 1.78. The molecule has 1 unspecified atom stereocenters. The van der Waals surface area contributed by atoms with Crippen molar-refractivity contribution >= 4 is 46.9 Å². The lowest BCUT2D eigenvalue weighted by Gasteiger charge is -2.30. The molecule has 0 spiro atoms. The van der Waals surface area contributed by atoms with Crippen LogP contribution < -0.4 is 10.2 Å². The zero-order chi connectivity index (χ0) is 21.8. The summed E-state index contributed by atoms with van der Waals surface area (Å²) in [7, 11) is 0. The standard InChI is InChI=1S/C25H21ClN2O2S/c1-17(18-9-3-2-4-10-18)27-24(29)16-28-21-13-7-8-14-22(21)31-23(25(28)30)15-19-11-5-6-12-20(19)26/h2-15,17H,16H2,1H3,(H,27,29). The number of thioether (sulfide) groups is 1. The van der Waals surface area contributed by atoms with Crippen molar-refractivity contribution in [2.75, 3.05) is 11.4 Å². The quantitative estimate of drug-likeness (QED) is 0.509. The van der Waals surface area contributed by atoms with Crippen LogP contribution in [0.1, 0.15) is 24.1 Å². The molecule has 156 valence electrons. The highest BCUT2D eigenvalue weighted by Gasteiger charge is 2.30. The molecule has 3 aromatic rings. The molecule has 1 aliphatic rings. The lowest BCUT2D eigenvalue weighted by Crippen LogP contribution is -2.43. The number of nitrogens with one attached hydrogen (secondary N) is 1. The summed E-state index contributed by atoms with van der Waals surface area (Å²) >= 11 is 7.67. The smallest absolute Gasteiger partial charge is 0.265 e. The van der Waals surface area contributed by atoms with Crippen molar-refractivity contribution in [3.63, 3.8) is 0 Å². The van der Waals surface area contributed by atoms with E-state index < -0.39 is 0 Å². The van der Waals surface area contributed by atoms with Gasteiger partial charge in [-0.15, -0.1) is 0 Å². The maximum atomic E-state index is 13.3. The Bertz CT molecular complexity index is 1150. The lowest BCUT2D eigenvalue weighted by atomic mass is 10.1. The van der Waals surface area contributed by atoms with E-state index in [2.05, 4.69) is 5.32 Å². The number of hydrogen-bond acceptors (Lipinski definition) is 3. The van der Waals surface area contributed by atoms with Gasteiger partial charge in [-0.1, -0.05) is 84.0 Å². The second kappa shape index (κ2) is 9.41. The second-order valence-corrected chi connectivity index (χ2v) is 8.68. The fourth-order valence-corrected chi connectivity index (χ4v) is 4.65. The van der Waals surface area contributed by atoms with Crippen LogP contribution in [0.15, 0.2) is 88.7 Å². The Kier molecular flexibility index (Phi) is 6.44. The van der Waals surface area contributed by atoms with E-state index in [1.54, 1.807) is 12.1 Å². The van der Waals surface area contributed by atoms with Crippen molar-refractivity contribution in [3.8, 4) is 0 Å². The predicted molar refractivity (Wildman–Crippen MR) is 127 cm³/mol. The number of carbonyl (C=O) groups is 2. The monoisotopic (exact) mass is 448 g/mol. The number of amides is 2. The van der Waals surface area contributed by atoms with E-state index in [0.29, 0.717) is 9.93 Å². The van der Waals surface area contributed by atoms with Crippen LogP contribution in [0.5, 0.6) is 0 Å². The Balaban J connectivity index is 1.59.